The monoisotopic (exact) mass is 358 g/mol. The van der Waals surface area contributed by atoms with Gasteiger partial charge in [0, 0.05) is 26.2 Å². The standard InChI is InChI=1S/C22H34N2O2/c1-22(2)11-9-19(10-12-22)20(24-15-13-23(3)14-16-24)21(25)26-17-18-7-5-4-6-8-18/h4-8,19-20H,9-17H2,1-3H3/t20-/m0/s1. The Labute approximate surface area is 158 Å². The van der Waals surface area contributed by atoms with Crippen LogP contribution in [0.1, 0.15) is 45.1 Å². The average molecular weight is 359 g/mol. The number of benzene rings is 1. The Morgan fingerprint density at radius 1 is 1.12 bits per heavy atom. The molecule has 2 fully saturated rings. The molecule has 1 heterocycles. The third kappa shape index (κ3) is 5.08. The minimum Gasteiger partial charge on any atom is -0.460 e. The van der Waals surface area contributed by atoms with E-state index in [2.05, 4.69) is 30.7 Å². The topological polar surface area (TPSA) is 32.8 Å². The summed E-state index contributed by atoms with van der Waals surface area (Å²) < 4.78 is 5.78. The zero-order chi connectivity index (χ0) is 18.6. The maximum absolute atomic E-state index is 13.1. The molecule has 0 aromatic heterocycles. The highest BCUT2D eigenvalue weighted by Gasteiger charge is 2.39. The van der Waals surface area contributed by atoms with Crippen molar-refractivity contribution in [1.82, 2.24) is 9.80 Å². The molecule has 26 heavy (non-hydrogen) atoms. The lowest BCUT2D eigenvalue weighted by atomic mass is 9.71. The van der Waals surface area contributed by atoms with Crippen LogP contribution in [-0.2, 0) is 16.1 Å². The number of piperazine rings is 1. The van der Waals surface area contributed by atoms with Crippen LogP contribution in [0.5, 0.6) is 0 Å². The van der Waals surface area contributed by atoms with E-state index in [0.717, 1.165) is 44.6 Å². The molecule has 1 aromatic rings. The third-order valence-electron chi connectivity index (χ3n) is 6.23. The molecule has 0 spiro atoms. The van der Waals surface area contributed by atoms with Crippen molar-refractivity contribution in [2.45, 2.75) is 52.2 Å². The molecule has 1 saturated carbocycles. The highest BCUT2D eigenvalue weighted by atomic mass is 16.5. The predicted molar refractivity (Wildman–Crippen MR) is 105 cm³/mol. The van der Waals surface area contributed by atoms with Gasteiger partial charge in [-0.25, -0.2) is 0 Å². The molecule has 1 aliphatic heterocycles. The van der Waals surface area contributed by atoms with E-state index in [9.17, 15) is 4.79 Å². The van der Waals surface area contributed by atoms with Gasteiger partial charge in [0.05, 0.1) is 0 Å². The van der Waals surface area contributed by atoms with Crippen LogP contribution in [0.4, 0.5) is 0 Å². The van der Waals surface area contributed by atoms with E-state index in [0.29, 0.717) is 17.9 Å². The van der Waals surface area contributed by atoms with E-state index in [1.165, 1.54) is 12.8 Å². The van der Waals surface area contributed by atoms with Crippen molar-refractivity contribution in [2.24, 2.45) is 11.3 Å². The fraction of sp³-hybridized carbons (Fsp3) is 0.682. The summed E-state index contributed by atoms with van der Waals surface area (Å²) in [6.45, 7) is 9.05. The molecule has 1 saturated heterocycles. The van der Waals surface area contributed by atoms with Crippen LogP contribution in [0.2, 0.25) is 0 Å². The zero-order valence-corrected chi connectivity index (χ0v) is 16.6. The Kier molecular flexibility index (Phi) is 6.36. The van der Waals surface area contributed by atoms with Crippen LogP contribution in [0.15, 0.2) is 30.3 Å². The Bertz CT molecular complexity index is 569. The van der Waals surface area contributed by atoms with Gasteiger partial charge in [0.15, 0.2) is 0 Å². The molecule has 1 atom stereocenters. The number of carbonyl (C=O) groups is 1. The molecule has 0 N–H and O–H groups in total. The minimum absolute atomic E-state index is 0.0249. The lowest BCUT2D eigenvalue weighted by Gasteiger charge is -2.43. The van der Waals surface area contributed by atoms with E-state index in [1.54, 1.807) is 0 Å². The van der Waals surface area contributed by atoms with Crippen LogP contribution in [0, 0.1) is 11.3 Å². The zero-order valence-electron chi connectivity index (χ0n) is 16.6. The molecule has 0 amide bonds. The Morgan fingerprint density at radius 3 is 2.35 bits per heavy atom. The first kappa shape index (κ1) is 19.4. The number of esters is 1. The summed E-state index contributed by atoms with van der Waals surface area (Å²) >= 11 is 0. The molecule has 2 aliphatic rings. The third-order valence-corrected chi connectivity index (χ3v) is 6.23. The predicted octanol–water partition coefficient (Wildman–Crippen LogP) is 3.56. The fourth-order valence-electron chi connectivity index (χ4n) is 4.29. The number of rotatable bonds is 5. The second kappa shape index (κ2) is 8.53. The number of ether oxygens (including phenoxy) is 1. The SMILES string of the molecule is CN1CCN([C@H](C(=O)OCc2ccccc2)C2CCC(C)(C)CC2)CC1. The van der Waals surface area contributed by atoms with Gasteiger partial charge in [-0.2, -0.15) is 0 Å². The van der Waals surface area contributed by atoms with E-state index < -0.39 is 0 Å². The van der Waals surface area contributed by atoms with Gasteiger partial charge in [-0.3, -0.25) is 9.69 Å². The van der Waals surface area contributed by atoms with Crippen molar-refractivity contribution in [3.05, 3.63) is 35.9 Å². The molecule has 4 heteroatoms. The lowest BCUT2D eigenvalue weighted by Crippen LogP contribution is -2.55. The van der Waals surface area contributed by atoms with Crippen LogP contribution in [0.3, 0.4) is 0 Å². The van der Waals surface area contributed by atoms with E-state index in [1.807, 2.05) is 30.3 Å². The Morgan fingerprint density at radius 2 is 1.73 bits per heavy atom. The number of hydrogen-bond acceptors (Lipinski definition) is 4. The van der Waals surface area contributed by atoms with Crippen molar-refractivity contribution in [3.63, 3.8) is 0 Å². The minimum atomic E-state index is -0.0801. The smallest absolute Gasteiger partial charge is 0.323 e. The largest absolute Gasteiger partial charge is 0.460 e. The van der Waals surface area contributed by atoms with Gasteiger partial charge in [0.1, 0.15) is 12.6 Å². The maximum atomic E-state index is 13.1. The first-order valence-electron chi connectivity index (χ1n) is 10.1. The molecule has 144 valence electrons. The molecule has 0 unspecified atom stereocenters. The number of hydrogen-bond donors (Lipinski definition) is 0. The van der Waals surface area contributed by atoms with Gasteiger partial charge in [-0.05, 0) is 49.6 Å². The summed E-state index contributed by atoms with van der Waals surface area (Å²) in [6, 6.07) is 9.92. The summed E-state index contributed by atoms with van der Waals surface area (Å²) in [4.78, 5) is 17.8. The first-order valence-corrected chi connectivity index (χ1v) is 10.1. The second-order valence-electron chi connectivity index (χ2n) is 8.88. The number of nitrogens with zero attached hydrogens (tertiary/aromatic N) is 2. The summed E-state index contributed by atoms with van der Waals surface area (Å²) in [7, 11) is 2.16. The van der Waals surface area contributed by atoms with E-state index >= 15 is 0 Å². The Hall–Kier alpha value is -1.39. The van der Waals surface area contributed by atoms with Gasteiger partial charge >= 0.3 is 5.97 Å². The average Bonchev–Trinajstić information content (AvgIpc) is 2.64. The molecule has 4 nitrogen and oxygen atoms in total. The number of likely N-dealkylation sites (N-methyl/N-ethyl adjacent to an activating group) is 1. The van der Waals surface area contributed by atoms with Crippen LogP contribution in [-0.4, -0.2) is 55.0 Å². The van der Waals surface area contributed by atoms with E-state index in [-0.39, 0.29) is 12.0 Å². The van der Waals surface area contributed by atoms with Gasteiger partial charge in [-0.15, -0.1) is 0 Å². The second-order valence-corrected chi connectivity index (χ2v) is 8.88. The van der Waals surface area contributed by atoms with Crippen LogP contribution >= 0.6 is 0 Å². The first-order chi connectivity index (χ1) is 12.4. The fourth-order valence-corrected chi connectivity index (χ4v) is 4.29. The maximum Gasteiger partial charge on any atom is 0.323 e. The van der Waals surface area contributed by atoms with Crippen molar-refractivity contribution in [3.8, 4) is 0 Å². The highest BCUT2D eigenvalue weighted by molar-refractivity contribution is 5.76. The molecule has 1 aliphatic carbocycles. The van der Waals surface area contributed by atoms with Gasteiger partial charge in [0.2, 0.25) is 0 Å². The van der Waals surface area contributed by atoms with Crippen molar-refractivity contribution in [1.29, 1.82) is 0 Å². The number of carbonyl (C=O) groups excluding carboxylic acids is 1. The van der Waals surface area contributed by atoms with Crippen molar-refractivity contribution < 1.29 is 9.53 Å². The Balaban J connectivity index is 1.66. The summed E-state index contributed by atoms with van der Waals surface area (Å²) in [5.41, 5.74) is 1.47. The van der Waals surface area contributed by atoms with Crippen LogP contribution in [0.25, 0.3) is 0 Å². The molecule has 0 radical (unpaired) electrons. The molecular formula is C22H34N2O2. The molecule has 3 rings (SSSR count). The highest BCUT2D eigenvalue weighted by Crippen LogP contribution is 2.40. The van der Waals surface area contributed by atoms with E-state index in [4.69, 9.17) is 4.74 Å². The quantitative estimate of drug-likeness (QED) is 0.754. The molecule has 1 aromatic carbocycles. The van der Waals surface area contributed by atoms with Gasteiger partial charge < -0.3 is 9.64 Å². The summed E-state index contributed by atoms with van der Waals surface area (Å²) in [5, 5.41) is 0. The normalized spacial score (nSPS) is 23.5. The molecular weight excluding hydrogens is 324 g/mol. The van der Waals surface area contributed by atoms with Gasteiger partial charge in [-0.1, -0.05) is 44.2 Å². The summed E-state index contributed by atoms with van der Waals surface area (Å²) in [6.07, 6.45) is 4.66. The van der Waals surface area contributed by atoms with Crippen molar-refractivity contribution >= 4 is 5.97 Å². The van der Waals surface area contributed by atoms with Gasteiger partial charge in [0.25, 0.3) is 0 Å². The van der Waals surface area contributed by atoms with Crippen molar-refractivity contribution in [2.75, 3.05) is 33.2 Å². The molecule has 0 bridgehead atoms. The summed E-state index contributed by atoms with van der Waals surface area (Å²) in [5.74, 6) is 0.401. The lowest BCUT2D eigenvalue weighted by molar-refractivity contribution is -0.155. The van der Waals surface area contributed by atoms with Crippen LogP contribution < -0.4 is 0 Å².